The van der Waals surface area contributed by atoms with Crippen molar-refractivity contribution in [3.05, 3.63) is 47.8 Å². The van der Waals surface area contributed by atoms with Crippen molar-refractivity contribution in [1.82, 2.24) is 9.97 Å². The molecule has 5 rings (SSSR count). The zero-order valence-corrected chi connectivity index (χ0v) is 11.4. The van der Waals surface area contributed by atoms with E-state index in [1.54, 1.807) is 0 Å². The SMILES string of the molecule is CC1(C)[C@H]2Cc3cc(-c4ccccn4)ncc3[C@@H]1C2. The Labute approximate surface area is 113 Å². The van der Waals surface area contributed by atoms with Gasteiger partial charge >= 0.3 is 0 Å². The maximum absolute atomic E-state index is 4.64. The van der Waals surface area contributed by atoms with Crippen LogP contribution in [0, 0.1) is 11.3 Å². The highest BCUT2D eigenvalue weighted by atomic mass is 14.8. The molecular weight excluding hydrogens is 232 g/mol. The topological polar surface area (TPSA) is 25.8 Å². The summed E-state index contributed by atoms with van der Waals surface area (Å²) in [7, 11) is 0. The van der Waals surface area contributed by atoms with Gasteiger partial charge in [0.15, 0.2) is 0 Å². The minimum atomic E-state index is 0.473. The summed E-state index contributed by atoms with van der Waals surface area (Å²) < 4.78 is 0. The maximum atomic E-state index is 4.64. The Hall–Kier alpha value is -1.70. The Bertz CT molecular complexity index is 631. The summed E-state index contributed by atoms with van der Waals surface area (Å²) in [5.74, 6) is 1.57. The summed E-state index contributed by atoms with van der Waals surface area (Å²) in [4.78, 5) is 9.03. The Balaban J connectivity index is 1.78. The first-order chi connectivity index (χ1) is 9.16. The van der Waals surface area contributed by atoms with E-state index in [9.17, 15) is 0 Å². The zero-order chi connectivity index (χ0) is 13.0. The fraction of sp³-hybridized carbons (Fsp3) is 0.412. The molecule has 0 radical (unpaired) electrons. The number of rotatable bonds is 1. The van der Waals surface area contributed by atoms with E-state index >= 15 is 0 Å². The molecule has 0 saturated heterocycles. The van der Waals surface area contributed by atoms with Crippen molar-refractivity contribution >= 4 is 0 Å². The molecule has 2 aromatic rings. The standard InChI is InChI=1S/C17H18N2/c1-17(2)12-7-11-8-16(15-5-3-4-6-18-15)19-10-13(11)14(17)9-12/h3-6,8,10,12,14H,7,9H2,1-2H3/t12-,14-/m0/s1. The van der Waals surface area contributed by atoms with Crippen LogP contribution in [0.4, 0.5) is 0 Å². The van der Waals surface area contributed by atoms with E-state index in [4.69, 9.17) is 0 Å². The van der Waals surface area contributed by atoms with E-state index in [-0.39, 0.29) is 0 Å². The van der Waals surface area contributed by atoms with Crippen LogP contribution in [0.25, 0.3) is 11.4 Å². The van der Waals surface area contributed by atoms with Gasteiger partial charge in [0.1, 0.15) is 0 Å². The Morgan fingerprint density at radius 1 is 1.16 bits per heavy atom. The predicted octanol–water partition coefficient (Wildman–Crippen LogP) is 3.83. The first kappa shape index (κ1) is 11.2. The molecule has 2 heterocycles. The predicted molar refractivity (Wildman–Crippen MR) is 75.8 cm³/mol. The molecule has 0 aromatic carbocycles. The fourth-order valence-electron chi connectivity index (χ4n) is 3.81. The molecule has 2 atom stereocenters. The maximum Gasteiger partial charge on any atom is 0.0889 e. The van der Waals surface area contributed by atoms with Crippen LogP contribution in [0.2, 0.25) is 0 Å². The van der Waals surface area contributed by atoms with E-state index in [0.717, 1.165) is 17.3 Å². The summed E-state index contributed by atoms with van der Waals surface area (Å²) in [5.41, 5.74) is 5.44. The lowest BCUT2D eigenvalue weighted by Gasteiger charge is -2.57. The number of hydrogen-bond acceptors (Lipinski definition) is 2. The van der Waals surface area contributed by atoms with E-state index < -0.39 is 0 Å². The Morgan fingerprint density at radius 2 is 2.05 bits per heavy atom. The molecule has 0 aliphatic heterocycles. The van der Waals surface area contributed by atoms with Crippen molar-refractivity contribution in [2.75, 3.05) is 0 Å². The van der Waals surface area contributed by atoms with Gasteiger partial charge in [0, 0.05) is 12.4 Å². The van der Waals surface area contributed by atoms with Crippen LogP contribution in [0.15, 0.2) is 36.7 Å². The van der Waals surface area contributed by atoms with E-state index in [2.05, 4.69) is 36.1 Å². The molecule has 2 heteroatoms. The number of nitrogens with zero attached hydrogens (tertiary/aromatic N) is 2. The highest BCUT2D eigenvalue weighted by Gasteiger charge is 2.52. The molecule has 3 aliphatic carbocycles. The minimum Gasteiger partial charge on any atom is -0.255 e. The Kier molecular flexibility index (Phi) is 2.15. The summed E-state index contributed by atoms with van der Waals surface area (Å²) >= 11 is 0. The summed E-state index contributed by atoms with van der Waals surface area (Å²) in [6, 6.07) is 8.25. The van der Waals surface area contributed by atoms with Crippen LogP contribution in [0.5, 0.6) is 0 Å². The third kappa shape index (κ3) is 1.49. The van der Waals surface area contributed by atoms with Crippen molar-refractivity contribution in [3.8, 4) is 11.4 Å². The summed E-state index contributed by atoms with van der Waals surface area (Å²) in [5, 5.41) is 0. The van der Waals surface area contributed by atoms with Crippen LogP contribution in [0.3, 0.4) is 0 Å². The molecule has 2 nitrogen and oxygen atoms in total. The fourth-order valence-corrected chi connectivity index (χ4v) is 3.81. The van der Waals surface area contributed by atoms with E-state index in [0.29, 0.717) is 11.3 Å². The normalized spacial score (nSPS) is 26.4. The van der Waals surface area contributed by atoms with Gasteiger partial charge in [-0.3, -0.25) is 9.97 Å². The lowest BCUT2D eigenvalue weighted by molar-refractivity contribution is 0.0183. The monoisotopic (exact) mass is 250 g/mol. The van der Waals surface area contributed by atoms with Gasteiger partial charge in [-0.1, -0.05) is 19.9 Å². The molecule has 3 aliphatic rings. The quantitative estimate of drug-likeness (QED) is 0.768. The second-order valence-corrected chi connectivity index (χ2v) is 6.49. The van der Waals surface area contributed by atoms with Gasteiger partial charge in [-0.25, -0.2) is 0 Å². The zero-order valence-electron chi connectivity index (χ0n) is 11.4. The number of hydrogen-bond donors (Lipinski definition) is 0. The third-order valence-corrected chi connectivity index (χ3v) is 5.26. The van der Waals surface area contributed by atoms with Crippen LogP contribution < -0.4 is 0 Å². The largest absolute Gasteiger partial charge is 0.255 e. The van der Waals surface area contributed by atoms with Crippen LogP contribution in [-0.2, 0) is 6.42 Å². The van der Waals surface area contributed by atoms with Crippen molar-refractivity contribution in [2.45, 2.75) is 32.6 Å². The van der Waals surface area contributed by atoms with Gasteiger partial charge < -0.3 is 0 Å². The van der Waals surface area contributed by atoms with Crippen molar-refractivity contribution in [1.29, 1.82) is 0 Å². The van der Waals surface area contributed by atoms with Crippen LogP contribution >= 0.6 is 0 Å². The van der Waals surface area contributed by atoms with Gasteiger partial charge in [-0.15, -0.1) is 0 Å². The molecule has 0 unspecified atom stereocenters. The molecule has 0 amide bonds. The average Bonchev–Trinajstić information content (AvgIpc) is 2.46. The second-order valence-electron chi connectivity index (χ2n) is 6.49. The molecule has 19 heavy (non-hydrogen) atoms. The van der Waals surface area contributed by atoms with Gasteiger partial charge in [0.25, 0.3) is 0 Å². The molecule has 1 fully saturated rings. The highest BCUT2D eigenvalue weighted by molar-refractivity contribution is 5.56. The summed E-state index contributed by atoms with van der Waals surface area (Å²) in [6.07, 6.45) is 6.49. The Morgan fingerprint density at radius 3 is 2.79 bits per heavy atom. The molecule has 1 saturated carbocycles. The van der Waals surface area contributed by atoms with Gasteiger partial charge in [-0.2, -0.15) is 0 Å². The average molecular weight is 250 g/mol. The van der Waals surface area contributed by atoms with Crippen LogP contribution in [0.1, 0.15) is 37.3 Å². The minimum absolute atomic E-state index is 0.473. The smallest absolute Gasteiger partial charge is 0.0889 e. The first-order valence-electron chi connectivity index (χ1n) is 7.06. The molecule has 2 aromatic heterocycles. The number of pyridine rings is 2. The van der Waals surface area contributed by atoms with Crippen molar-refractivity contribution in [3.63, 3.8) is 0 Å². The second kappa shape index (κ2) is 3.66. The molecular formula is C17H18N2. The third-order valence-electron chi connectivity index (χ3n) is 5.26. The number of aromatic nitrogens is 2. The molecule has 2 bridgehead atoms. The lowest BCUT2D eigenvalue weighted by atomic mass is 9.47. The summed E-state index contributed by atoms with van der Waals surface area (Å²) in [6.45, 7) is 4.81. The van der Waals surface area contributed by atoms with E-state index in [1.807, 2.05) is 24.4 Å². The van der Waals surface area contributed by atoms with Gasteiger partial charge in [-0.05, 0) is 59.4 Å². The van der Waals surface area contributed by atoms with Crippen molar-refractivity contribution in [2.24, 2.45) is 11.3 Å². The van der Waals surface area contributed by atoms with Crippen molar-refractivity contribution < 1.29 is 0 Å². The van der Waals surface area contributed by atoms with E-state index in [1.165, 1.54) is 24.0 Å². The first-order valence-corrected chi connectivity index (χ1v) is 7.06. The molecule has 0 spiro atoms. The molecule has 0 N–H and O–H groups in total. The highest BCUT2D eigenvalue weighted by Crippen LogP contribution is 2.62. The lowest BCUT2D eigenvalue weighted by Crippen LogP contribution is -2.48. The van der Waals surface area contributed by atoms with Crippen LogP contribution in [-0.4, -0.2) is 9.97 Å². The van der Waals surface area contributed by atoms with Gasteiger partial charge in [0.2, 0.25) is 0 Å². The molecule has 96 valence electrons. The van der Waals surface area contributed by atoms with Gasteiger partial charge in [0.05, 0.1) is 11.4 Å².